The number of rotatable bonds is 3. The maximum Gasteiger partial charge on any atom is 0.152 e. The number of anilines is 1. The van der Waals surface area contributed by atoms with Gasteiger partial charge in [0.05, 0.1) is 23.7 Å². The average molecular weight is 345 g/mol. The van der Waals surface area contributed by atoms with E-state index in [1.54, 1.807) is 0 Å². The standard InChI is InChI=1S/C18H23N3O2S/c1-14-8-16-4-2-3-5-18(16)20(10-14)11-15-9-19-21(12-15)17-6-7-24(22,23)13-17/h2-5,9,12,14,17H,6-8,10-11,13H2,1H3/t14-,17-/m0/s1. The Kier molecular flexibility index (Phi) is 3.87. The fourth-order valence-corrected chi connectivity index (χ4v) is 5.62. The molecule has 0 unspecified atom stereocenters. The van der Waals surface area contributed by atoms with E-state index in [4.69, 9.17) is 0 Å². The van der Waals surface area contributed by atoms with Gasteiger partial charge in [-0.05, 0) is 30.4 Å². The highest BCUT2D eigenvalue weighted by molar-refractivity contribution is 7.91. The Bertz CT molecular complexity index is 843. The van der Waals surface area contributed by atoms with Gasteiger partial charge in [0.1, 0.15) is 0 Å². The predicted octanol–water partition coefficient (Wildman–Crippen LogP) is 2.44. The molecule has 6 heteroatoms. The number of benzene rings is 1. The van der Waals surface area contributed by atoms with Gasteiger partial charge in [-0.25, -0.2) is 8.42 Å². The van der Waals surface area contributed by atoms with E-state index in [-0.39, 0.29) is 17.5 Å². The Balaban J connectivity index is 1.53. The number of fused-ring (bicyclic) bond motifs is 1. The quantitative estimate of drug-likeness (QED) is 0.857. The van der Waals surface area contributed by atoms with Crippen molar-refractivity contribution in [3.63, 3.8) is 0 Å². The van der Waals surface area contributed by atoms with E-state index in [1.165, 1.54) is 11.3 Å². The molecule has 1 aromatic carbocycles. The van der Waals surface area contributed by atoms with Crippen LogP contribution < -0.4 is 4.90 Å². The monoisotopic (exact) mass is 345 g/mol. The third-order valence-corrected chi connectivity index (χ3v) is 6.79. The lowest BCUT2D eigenvalue weighted by atomic mass is 9.94. The highest BCUT2D eigenvalue weighted by Crippen LogP contribution is 2.31. The Morgan fingerprint density at radius 1 is 1.29 bits per heavy atom. The van der Waals surface area contributed by atoms with Crippen molar-refractivity contribution in [2.75, 3.05) is 23.0 Å². The fraction of sp³-hybridized carbons (Fsp3) is 0.500. The predicted molar refractivity (Wildman–Crippen MR) is 94.9 cm³/mol. The van der Waals surface area contributed by atoms with Crippen LogP contribution in [0.2, 0.25) is 0 Å². The molecule has 0 aliphatic carbocycles. The second kappa shape index (κ2) is 5.92. The molecule has 5 nitrogen and oxygen atoms in total. The molecule has 1 saturated heterocycles. The van der Waals surface area contributed by atoms with Crippen LogP contribution in [0.15, 0.2) is 36.7 Å². The van der Waals surface area contributed by atoms with Gasteiger partial charge < -0.3 is 4.90 Å². The van der Waals surface area contributed by atoms with E-state index >= 15 is 0 Å². The molecule has 3 heterocycles. The van der Waals surface area contributed by atoms with Crippen LogP contribution in [-0.4, -0.2) is 36.2 Å². The van der Waals surface area contributed by atoms with Gasteiger partial charge in [0, 0.05) is 30.5 Å². The first-order valence-electron chi connectivity index (χ1n) is 8.56. The first kappa shape index (κ1) is 15.7. The lowest BCUT2D eigenvalue weighted by Crippen LogP contribution is -2.33. The summed E-state index contributed by atoms with van der Waals surface area (Å²) in [4.78, 5) is 2.41. The van der Waals surface area contributed by atoms with Gasteiger partial charge in [-0.2, -0.15) is 5.10 Å². The maximum atomic E-state index is 11.7. The summed E-state index contributed by atoms with van der Waals surface area (Å²) < 4.78 is 25.2. The zero-order valence-electron chi connectivity index (χ0n) is 13.9. The van der Waals surface area contributed by atoms with Crippen LogP contribution in [0.3, 0.4) is 0 Å². The van der Waals surface area contributed by atoms with Gasteiger partial charge in [0.25, 0.3) is 0 Å². The smallest absolute Gasteiger partial charge is 0.152 e. The highest BCUT2D eigenvalue weighted by Gasteiger charge is 2.30. The minimum Gasteiger partial charge on any atom is -0.367 e. The molecule has 1 fully saturated rings. The molecule has 24 heavy (non-hydrogen) atoms. The molecular formula is C18H23N3O2S. The highest BCUT2D eigenvalue weighted by atomic mass is 32.2. The molecule has 1 aromatic heterocycles. The molecule has 0 spiro atoms. The molecule has 0 bridgehead atoms. The van der Waals surface area contributed by atoms with Crippen molar-refractivity contribution in [1.29, 1.82) is 0 Å². The number of hydrogen-bond acceptors (Lipinski definition) is 4. The summed E-state index contributed by atoms with van der Waals surface area (Å²) in [7, 11) is -2.88. The molecule has 2 aliphatic rings. The summed E-state index contributed by atoms with van der Waals surface area (Å²) in [6.07, 6.45) is 5.71. The molecule has 0 saturated carbocycles. The first-order chi connectivity index (χ1) is 11.5. The van der Waals surface area contributed by atoms with Crippen LogP contribution in [0.5, 0.6) is 0 Å². The molecule has 0 radical (unpaired) electrons. The number of sulfone groups is 1. The van der Waals surface area contributed by atoms with Crippen LogP contribution in [0, 0.1) is 5.92 Å². The third kappa shape index (κ3) is 3.07. The molecule has 128 valence electrons. The first-order valence-corrected chi connectivity index (χ1v) is 10.4. The molecule has 0 amide bonds. The van der Waals surface area contributed by atoms with Crippen LogP contribution in [0.25, 0.3) is 0 Å². The van der Waals surface area contributed by atoms with Crippen LogP contribution in [0.1, 0.15) is 30.5 Å². The average Bonchev–Trinajstić information content (AvgIpc) is 3.13. The van der Waals surface area contributed by atoms with Crippen molar-refractivity contribution in [2.45, 2.75) is 32.4 Å². The summed E-state index contributed by atoms with van der Waals surface area (Å²) in [6, 6.07) is 8.60. The largest absolute Gasteiger partial charge is 0.367 e. The van der Waals surface area contributed by atoms with Gasteiger partial charge in [-0.3, -0.25) is 4.68 Å². The van der Waals surface area contributed by atoms with Crippen molar-refractivity contribution in [3.05, 3.63) is 47.8 Å². The van der Waals surface area contributed by atoms with Crippen molar-refractivity contribution in [3.8, 4) is 0 Å². The Labute approximate surface area is 143 Å². The second-order valence-corrected chi connectivity index (χ2v) is 9.43. The Hall–Kier alpha value is -1.82. The Morgan fingerprint density at radius 2 is 2.12 bits per heavy atom. The molecule has 2 aliphatic heterocycles. The molecular weight excluding hydrogens is 322 g/mol. The summed E-state index contributed by atoms with van der Waals surface area (Å²) in [5.74, 6) is 1.14. The van der Waals surface area contributed by atoms with Gasteiger partial charge in [-0.15, -0.1) is 0 Å². The zero-order chi connectivity index (χ0) is 16.7. The number of hydrogen-bond donors (Lipinski definition) is 0. The minimum absolute atomic E-state index is 0.00341. The van der Waals surface area contributed by atoms with E-state index < -0.39 is 9.84 Å². The lowest BCUT2D eigenvalue weighted by Gasteiger charge is -2.34. The lowest BCUT2D eigenvalue weighted by molar-refractivity contribution is 0.498. The summed E-state index contributed by atoms with van der Waals surface area (Å²) in [5.41, 5.74) is 3.86. The van der Waals surface area contributed by atoms with Crippen molar-refractivity contribution in [1.82, 2.24) is 9.78 Å². The van der Waals surface area contributed by atoms with E-state index in [9.17, 15) is 8.42 Å². The van der Waals surface area contributed by atoms with Crippen LogP contribution >= 0.6 is 0 Å². The molecule has 2 aromatic rings. The van der Waals surface area contributed by atoms with Crippen molar-refractivity contribution >= 4 is 15.5 Å². The summed E-state index contributed by atoms with van der Waals surface area (Å²) >= 11 is 0. The zero-order valence-corrected chi connectivity index (χ0v) is 14.7. The van der Waals surface area contributed by atoms with Gasteiger partial charge in [0.15, 0.2) is 9.84 Å². The number of para-hydroxylation sites is 1. The van der Waals surface area contributed by atoms with E-state index in [0.29, 0.717) is 12.3 Å². The number of nitrogens with zero attached hydrogens (tertiary/aromatic N) is 3. The number of aromatic nitrogens is 2. The second-order valence-electron chi connectivity index (χ2n) is 7.20. The Morgan fingerprint density at radius 3 is 2.92 bits per heavy atom. The normalized spacial score (nSPS) is 25.6. The SMILES string of the molecule is C[C@H]1Cc2ccccc2N(Cc2cnn([C@H]3CCS(=O)(=O)C3)c2)C1. The van der Waals surface area contributed by atoms with E-state index in [0.717, 1.165) is 25.1 Å². The van der Waals surface area contributed by atoms with E-state index in [2.05, 4.69) is 41.2 Å². The minimum atomic E-state index is -2.88. The van der Waals surface area contributed by atoms with Crippen LogP contribution in [0.4, 0.5) is 5.69 Å². The molecule has 0 N–H and O–H groups in total. The van der Waals surface area contributed by atoms with Crippen molar-refractivity contribution < 1.29 is 8.42 Å². The topological polar surface area (TPSA) is 55.2 Å². The molecule has 2 atom stereocenters. The maximum absolute atomic E-state index is 11.7. The third-order valence-electron chi connectivity index (χ3n) is 5.04. The summed E-state index contributed by atoms with van der Waals surface area (Å²) in [5, 5.41) is 4.43. The van der Waals surface area contributed by atoms with Crippen molar-refractivity contribution in [2.24, 2.45) is 5.92 Å². The van der Waals surface area contributed by atoms with Gasteiger partial charge in [0.2, 0.25) is 0 Å². The fourth-order valence-electron chi connectivity index (χ4n) is 3.92. The van der Waals surface area contributed by atoms with Gasteiger partial charge in [-0.1, -0.05) is 25.1 Å². The molecule has 4 rings (SSSR count). The summed E-state index contributed by atoms with van der Waals surface area (Å²) in [6.45, 7) is 4.15. The van der Waals surface area contributed by atoms with Gasteiger partial charge >= 0.3 is 0 Å². The van der Waals surface area contributed by atoms with Crippen LogP contribution in [-0.2, 0) is 22.8 Å². The van der Waals surface area contributed by atoms with E-state index in [1.807, 2.05) is 17.1 Å².